The number of amides is 3. The Hall–Kier alpha value is -1.61. The molecule has 0 aliphatic rings. The highest BCUT2D eigenvalue weighted by Crippen LogP contribution is 2.21. The van der Waals surface area contributed by atoms with Gasteiger partial charge in [0.2, 0.25) is 5.91 Å². The Labute approximate surface area is 127 Å². The highest BCUT2D eigenvalue weighted by atomic mass is 79.9. The van der Waals surface area contributed by atoms with Crippen molar-refractivity contribution in [3.63, 3.8) is 0 Å². The van der Waals surface area contributed by atoms with Crippen LogP contribution < -0.4 is 16.4 Å². The van der Waals surface area contributed by atoms with E-state index in [1.165, 1.54) is 0 Å². The normalized spacial score (nSPS) is 11.7. The van der Waals surface area contributed by atoms with E-state index in [2.05, 4.69) is 26.6 Å². The lowest BCUT2D eigenvalue weighted by Crippen LogP contribution is -2.48. The second-order valence-electron chi connectivity index (χ2n) is 3.92. The van der Waals surface area contributed by atoms with E-state index >= 15 is 0 Å². The molecule has 0 spiro atoms. The quantitative estimate of drug-likeness (QED) is 0.568. The van der Waals surface area contributed by atoms with E-state index in [1.807, 2.05) is 12.1 Å². The van der Waals surface area contributed by atoms with E-state index in [0.717, 1.165) is 8.66 Å². The fraction of sp³-hybridized carbons (Fsp3) is 0.364. The molecule has 1 heterocycles. The average Bonchev–Trinajstić information content (AvgIpc) is 2.73. The van der Waals surface area contributed by atoms with Gasteiger partial charge in [0, 0.05) is 11.4 Å². The summed E-state index contributed by atoms with van der Waals surface area (Å²) in [5, 5.41) is 13.5. The molecule has 1 rings (SSSR count). The van der Waals surface area contributed by atoms with Crippen LogP contribution in [-0.4, -0.2) is 35.6 Å². The summed E-state index contributed by atoms with van der Waals surface area (Å²) in [7, 11) is 0. The Bertz CT molecular complexity index is 506. The number of carboxylic acids is 1. The third-order valence-electron chi connectivity index (χ3n) is 2.29. The fourth-order valence-corrected chi connectivity index (χ4v) is 2.88. The molecule has 0 aliphatic carbocycles. The lowest BCUT2D eigenvalue weighted by molar-refractivity contribution is -0.140. The molecule has 0 aliphatic heterocycles. The number of hydrogen-bond acceptors (Lipinski definition) is 4. The number of hydrogen-bond donors (Lipinski definition) is 4. The molecule has 20 heavy (non-hydrogen) atoms. The summed E-state index contributed by atoms with van der Waals surface area (Å²) < 4.78 is 1.00. The van der Waals surface area contributed by atoms with Gasteiger partial charge in [0.25, 0.3) is 0 Å². The first-order valence-corrected chi connectivity index (χ1v) is 7.29. The maximum atomic E-state index is 11.5. The number of primary amides is 1. The molecule has 1 aromatic heterocycles. The van der Waals surface area contributed by atoms with Gasteiger partial charge in [0.05, 0.1) is 10.2 Å². The number of carbonyl (C=O) groups excluding carboxylic acids is 2. The molecule has 0 aromatic carbocycles. The van der Waals surface area contributed by atoms with Crippen molar-refractivity contribution in [2.45, 2.75) is 18.9 Å². The molecule has 7 nitrogen and oxygen atoms in total. The molecule has 9 heteroatoms. The Balaban J connectivity index is 2.34. The number of carbonyl (C=O) groups is 3. The summed E-state index contributed by atoms with van der Waals surface area (Å²) in [6.45, 7) is 0.363. The number of nitrogens with two attached hydrogens (primary N) is 1. The van der Waals surface area contributed by atoms with E-state index in [4.69, 9.17) is 10.8 Å². The van der Waals surface area contributed by atoms with Crippen LogP contribution in [0.15, 0.2) is 15.9 Å². The van der Waals surface area contributed by atoms with Gasteiger partial charge < -0.3 is 21.5 Å². The molecule has 0 saturated heterocycles. The molecule has 0 fully saturated rings. The van der Waals surface area contributed by atoms with E-state index in [-0.39, 0.29) is 0 Å². The van der Waals surface area contributed by atoms with Gasteiger partial charge in [-0.15, -0.1) is 11.3 Å². The van der Waals surface area contributed by atoms with E-state index in [9.17, 15) is 14.4 Å². The van der Waals surface area contributed by atoms with Gasteiger partial charge in [-0.2, -0.15) is 0 Å². The zero-order valence-corrected chi connectivity index (χ0v) is 12.8. The number of rotatable bonds is 7. The summed E-state index contributed by atoms with van der Waals surface area (Å²) in [5.41, 5.74) is 4.91. The molecule has 0 saturated carbocycles. The maximum Gasteiger partial charge on any atom is 0.326 e. The number of thiophene rings is 1. The molecule has 1 atom stereocenters. The summed E-state index contributed by atoms with van der Waals surface area (Å²) in [4.78, 5) is 34.1. The molecular formula is C11H14BrN3O4S. The first-order valence-electron chi connectivity index (χ1n) is 5.68. The summed E-state index contributed by atoms with van der Waals surface area (Å²) in [5.74, 6) is -2.10. The maximum absolute atomic E-state index is 11.5. The second-order valence-corrected chi connectivity index (χ2v) is 6.46. The van der Waals surface area contributed by atoms with Crippen molar-refractivity contribution in [1.29, 1.82) is 0 Å². The predicted octanol–water partition coefficient (Wildman–Crippen LogP) is 0.681. The highest BCUT2D eigenvalue weighted by molar-refractivity contribution is 9.11. The third-order valence-corrected chi connectivity index (χ3v) is 3.98. The Morgan fingerprint density at radius 3 is 2.60 bits per heavy atom. The zero-order chi connectivity index (χ0) is 15.1. The van der Waals surface area contributed by atoms with Gasteiger partial charge in [-0.1, -0.05) is 0 Å². The monoisotopic (exact) mass is 363 g/mol. The molecule has 0 radical (unpaired) electrons. The van der Waals surface area contributed by atoms with Crippen LogP contribution in [0.5, 0.6) is 0 Å². The van der Waals surface area contributed by atoms with Crippen LogP contribution in [0.25, 0.3) is 0 Å². The molecule has 0 bridgehead atoms. The Morgan fingerprint density at radius 2 is 2.10 bits per heavy atom. The summed E-state index contributed by atoms with van der Waals surface area (Å²) in [6, 6.07) is 1.88. The van der Waals surface area contributed by atoms with Crippen LogP contribution in [0.3, 0.4) is 0 Å². The smallest absolute Gasteiger partial charge is 0.326 e. The molecule has 1 unspecified atom stereocenters. The Kier molecular flexibility index (Phi) is 6.46. The minimum absolute atomic E-state index is 0.363. The molecular weight excluding hydrogens is 350 g/mol. The predicted molar refractivity (Wildman–Crippen MR) is 77.5 cm³/mol. The first-order chi connectivity index (χ1) is 9.38. The van der Waals surface area contributed by atoms with Crippen LogP contribution >= 0.6 is 27.3 Å². The molecule has 5 N–H and O–H groups in total. The minimum Gasteiger partial charge on any atom is -0.480 e. The third kappa shape index (κ3) is 6.02. The van der Waals surface area contributed by atoms with E-state index in [0.29, 0.717) is 13.0 Å². The van der Waals surface area contributed by atoms with Gasteiger partial charge >= 0.3 is 12.0 Å². The van der Waals surface area contributed by atoms with Gasteiger partial charge in [0.1, 0.15) is 6.04 Å². The minimum atomic E-state index is -1.32. The van der Waals surface area contributed by atoms with Crippen molar-refractivity contribution in [2.24, 2.45) is 5.73 Å². The number of carboxylic acid groups (broad SMARTS) is 1. The largest absolute Gasteiger partial charge is 0.480 e. The van der Waals surface area contributed by atoms with Crippen LogP contribution in [0.1, 0.15) is 11.3 Å². The summed E-state index contributed by atoms with van der Waals surface area (Å²) in [6.07, 6.45) is 0.192. The molecule has 3 amide bonds. The van der Waals surface area contributed by atoms with Crippen LogP contribution in [0.4, 0.5) is 4.79 Å². The van der Waals surface area contributed by atoms with E-state index in [1.54, 1.807) is 11.3 Å². The SMILES string of the molecule is NC(=O)CC(NC(=O)NCCc1ccc(Br)s1)C(=O)O. The van der Waals surface area contributed by atoms with Crippen molar-refractivity contribution in [1.82, 2.24) is 10.6 Å². The number of halogens is 1. The van der Waals surface area contributed by atoms with Crippen LogP contribution in [-0.2, 0) is 16.0 Å². The van der Waals surface area contributed by atoms with Gasteiger partial charge in [-0.25, -0.2) is 9.59 Å². The van der Waals surface area contributed by atoms with Crippen LogP contribution in [0.2, 0.25) is 0 Å². The first kappa shape index (κ1) is 16.4. The molecule has 1 aromatic rings. The lowest BCUT2D eigenvalue weighted by Gasteiger charge is -2.13. The number of aliphatic carboxylic acids is 1. The summed E-state index contributed by atoms with van der Waals surface area (Å²) >= 11 is 4.89. The van der Waals surface area contributed by atoms with Crippen molar-refractivity contribution >= 4 is 45.2 Å². The molecule has 110 valence electrons. The topological polar surface area (TPSA) is 122 Å². The van der Waals surface area contributed by atoms with Crippen LogP contribution in [0, 0.1) is 0 Å². The zero-order valence-electron chi connectivity index (χ0n) is 10.4. The highest BCUT2D eigenvalue weighted by Gasteiger charge is 2.21. The Morgan fingerprint density at radius 1 is 1.40 bits per heavy atom. The standard InChI is InChI=1S/C11H14BrN3O4S/c12-8-2-1-6(20-8)3-4-14-11(19)15-7(10(17)18)5-9(13)16/h1-2,7H,3-5H2,(H2,13,16)(H,17,18)(H2,14,15,19). The van der Waals surface area contributed by atoms with Crippen molar-refractivity contribution in [3.05, 3.63) is 20.8 Å². The fourth-order valence-electron chi connectivity index (χ4n) is 1.40. The number of urea groups is 1. The van der Waals surface area contributed by atoms with E-state index < -0.39 is 30.4 Å². The van der Waals surface area contributed by atoms with Crippen molar-refractivity contribution in [2.75, 3.05) is 6.54 Å². The second kappa shape index (κ2) is 7.85. The van der Waals surface area contributed by atoms with Crippen molar-refractivity contribution < 1.29 is 19.5 Å². The lowest BCUT2D eigenvalue weighted by atomic mass is 10.2. The van der Waals surface area contributed by atoms with Gasteiger partial charge in [-0.3, -0.25) is 4.79 Å². The average molecular weight is 364 g/mol. The van der Waals surface area contributed by atoms with Gasteiger partial charge in [0.15, 0.2) is 0 Å². The number of nitrogens with one attached hydrogen (secondary N) is 2. The van der Waals surface area contributed by atoms with Crippen molar-refractivity contribution in [3.8, 4) is 0 Å². The van der Waals surface area contributed by atoms with Gasteiger partial charge in [-0.05, 0) is 34.5 Å².